The number of hydrogen-bond acceptors (Lipinski definition) is 3. The van der Waals surface area contributed by atoms with Crippen LogP contribution in [0.3, 0.4) is 0 Å². The highest BCUT2D eigenvalue weighted by molar-refractivity contribution is 7.99. The van der Waals surface area contributed by atoms with E-state index in [1.54, 1.807) is 0 Å². The summed E-state index contributed by atoms with van der Waals surface area (Å²) in [5.41, 5.74) is 0. The highest BCUT2D eigenvalue weighted by Crippen LogP contribution is 2.19. The van der Waals surface area contributed by atoms with Gasteiger partial charge in [-0.05, 0) is 62.7 Å². The number of thioether (sulfide) groups is 1. The maximum atomic E-state index is 3.79. The van der Waals surface area contributed by atoms with Crippen molar-refractivity contribution in [3.63, 3.8) is 0 Å². The van der Waals surface area contributed by atoms with E-state index in [-0.39, 0.29) is 0 Å². The van der Waals surface area contributed by atoms with E-state index in [0.29, 0.717) is 0 Å². The van der Waals surface area contributed by atoms with Crippen molar-refractivity contribution in [2.24, 2.45) is 5.92 Å². The first-order valence-electron chi connectivity index (χ1n) is 6.92. The molecule has 2 fully saturated rings. The number of nitrogens with zero attached hydrogens (tertiary/aromatic N) is 1. The Labute approximate surface area is 105 Å². The summed E-state index contributed by atoms with van der Waals surface area (Å²) in [7, 11) is 0. The minimum absolute atomic E-state index is 0.821. The summed E-state index contributed by atoms with van der Waals surface area (Å²) in [6.45, 7) is 7.51. The molecule has 1 unspecified atom stereocenters. The molecule has 3 heteroatoms. The highest BCUT2D eigenvalue weighted by Gasteiger charge is 2.22. The molecule has 2 aliphatic rings. The van der Waals surface area contributed by atoms with Crippen molar-refractivity contribution in [3.8, 4) is 0 Å². The van der Waals surface area contributed by atoms with Gasteiger partial charge in [-0.3, -0.25) is 0 Å². The fourth-order valence-electron chi connectivity index (χ4n) is 2.83. The van der Waals surface area contributed by atoms with Crippen molar-refractivity contribution < 1.29 is 0 Å². The van der Waals surface area contributed by atoms with E-state index in [4.69, 9.17) is 0 Å². The molecule has 2 aliphatic heterocycles. The third kappa shape index (κ3) is 3.94. The molecule has 0 radical (unpaired) electrons. The molecular formula is C13H26N2S. The van der Waals surface area contributed by atoms with Crippen LogP contribution in [-0.2, 0) is 0 Å². The predicted octanol–water partition coefficient (Wildman–Crippen LogP) is 2.20. The Morgan fingerprint density at radius 1 is 1.25 bits per heavy atom. The summed E-state index contributed by atoms with van der Waals surface area (Å²) >= 11 is 2.12. The van der Waals surface area contributed by atoms with Gasteiger partial charge in [-0.2, -0.15) is 11.8 Å². The molecule has 2 saturated heterocycles. The monoisotopic (exact) mass is 242 g/mol. The van der Waals surface area contributed by atoms with Crippen LogP contribution in [0.2, 0.25) is 0 Å². The summed E-state index contributed by atoms with van der Waals surface area (Å²) < 4.78 is 0. The SMILES string of the molecule is CCCN1CCC(CNC2CCSCC2)C1. The van der Waals surface area contributed by atoms with E-state index >= 15 is 0 Å². The van der Waals surface area contributed by atoms with Crippen molar-refractivity contribution in [2.45, 2.75) is 38.6 Å². The van der Waals surface area contributed by atoms with Crippen molar-refractivity contribution >= 4 is 11.8 Å². The van der Waals surface area contributed by atoms with Gasteiger partial charge in [0.25, 0.3) is 0 Å². The molecular weight excluding hydrogens is 216 g/mol. The van der Waals surface area contributed by atoms with Crippen molar-refractivity contribution in [3.05, 3.63) is 0 Å². The maximum absolute atomic E-state index is 3.79. The number of hydrogen-bond donors (Lipinski definition) is 1. The molecule has 0 amide bonds. The Balaban J connectivity index is 1.59. The van der Waals surface area contributed by atoms with Crippen molar-refractivity contribution in [2.75, 3.05) is 37.7 Å². The summed E-state index contributed by atoms with van der Waals surface area (Å²) in [4.78, 5) is 2.63. The zero-order valence-corrected chi connectivity index (χ0v) is 11.4. The fourth-order valence-corrected chi connectivity index (χ4v) is 3.94. The van der Waals surface area contributed by atoms with Crippen LogP contribution in [0.4, 0.5) is 0 Å². The average Bonchev–Trinajstić information content (AvgIpc) is 2.76. The fraction of sp³-hybridized carbons (Fsp3) is 1.00. The molecule has 0 bridgehead atoms. The lowest BCUT2D eigenvalue weighted by Crippen LogP contribution is -2.36. The second-order valence-electron chi connectivity index (χ2n) is 5.25. The molecule has 94 valence electrons. The lowest BCUT2D eigenvalue weighted by atomic mass is 10.1. The van der Waals surface area contributed by atoms with Gasteiger partial charge in [-0.25, -0.2) is 0 Å². The topological polar surface area (TPSA) is 15.3 Å². The van der Waals surface area contributed by atoms with Crippen molar-refractivity contribution in [1.82, 2.24) is 10.2 Å². The minimum Gasteiger partial charge on any atom is -0.314 e. The predicted molar refractivity (Wildman–Crippen MR) is 73.2 cm³/mol. The Kier molecular flexibility index (Phi) is 5.46. The van der Waals surface area contributed by atoms with Crippen LogP contribution in [0.25, 0.3) is 0 Å². The van der Waals surface area contributed by atoms with E-state index in [1.165, 1.54) is 63.4 Å². The summed E-state index contributed by atoms with van der Waals surface area (Å²) in [5, 5.41) is 3.79. The molecule has 2 rings (SSSR count). The van der Waals surface area contributed by atoms with Crippen LogP contribution >= 0.6 is 11.8 Å². The lowest BCUT2D eigenvalue weighted by Gasteiger charge is -2.24. The normalized spacial score (nSPS) is 28.7. The molecule has 1 N–H and O–H groups in total. The van der Waals surface area contributed by atoms with Gasteiger partial charge in [0, 0.05) is 12.6 Å². The third-order valence-electron chi connectivity index (χ3n) is 3.83. The van der Waals surface area contributed by atoms with Gasteiger partial charge in [0.15, 0.2) is 0 Å². The van der Waals surface area contributed by atoms with Crippen LogP contribution in [0.1, 0.15) is 32.6 Å². The summed E-state index contributed by atoms with van der Waals surface area (Å²) in [6, 6.07) is 0.821. The second-order valence-corrected chi connectivity index (χ2v) is 6.47. The van der Waals surface area contributed by atoms with Gasteiger partial charge in [-0.1, -0.05) is 6.92 Å². The smallest absolute Gasteiger partial charge is 0.00828 e. The molecule has 0 aliphatic carbocycles. The largest absolute Gasteiger partial charge is 0.314 e. The van der Waals surface area contributed by atoms with E-state index < -0.39 is 0 Å². The first-order valence-corrected chi connectivity index (χ1v) is 8.07. The molecule has 0 spiro atoms. The Hall–Kier alpha value is 0.270. The van der Waals surface area contributed by atoms with Gasteiger partial charge in [0.1, 0.15) is 0 Å². The molecule has 16 heavy (non-hydrogen) atoms. The molecule has 2 nitrogen and oxygen atoms in total. The van der Waals surface area contributed by atoms with Gasteiger partial charge >= 0.3 is 0 Å². The van der Waals surface area contributed by atoms with Gasteiger partial charge < -0.3 is 10.2 Å². The maximum Gasteiger partial charge on any atom is 0.00828 e. The lowest BCUT2D eigenvalue weighted by molar-refractivity contribution is 0.318. The first kappa shape index (κ1) is 12.7. The average molecular weight is 242 g/mol. The third-order valence-corrected chi connectivity index (χ3v) is 4.88. The molecule has 0 aromatic rings. The molecule has 0 aromatic heterocycles. The van der Waals surface area contributed by atoms with Crippen LogP contribution in [0, 0.1) is 5.92 Å². The van der Waals surface area contributed by atoms with E-state index in [1.807, 2.05) is 0 Å². The number of rotatable bonds is 5. The van der Waals surface area contributed by atoms with Crippen LogP contribution < -0.4 is 5.32 Å². The number of nitrogens with one attached hydrogen (secondary N) is 1. The van der Waals surface area contributed by atoms with E-state index in [0.717, 1.165) is 12.0 Å². The van der Waals surface area contributed by atoms with Crippen molar-refractivity contribution in [1.29, 1.82) is 0 Å². The second kappa shape index (κ2) is 6.87. The zero-order chi connectivity index (χ0) is 11.2. The summed E-state index contributed by atoms with van der Waals surface area (Å²) in [5.74, 6) is 3.65. The Bertz CT molecular complexity index is 192. The quantitative estimate of drug-likeness (QED) is 0.796. The van der Waals surface area contributed by atoms with E-state index in [2.05, 4.69) is 28.9 Å². The summed E-state index contributed by atoms with van der Waals surface area (Å²) in [6.07, 6.45) is 5.49. The number of likely N-dealkylation sites (tertiary alicyclic amines) is 1. The molecule has 0 saturated carbocycles. The first-order chi connectivity index (χ1) is 7.88. The van der Waals surface area contributed by atoms with E-state index in [9.17, 15) is 0 Å². The Morgan fingerprint density at radius 3 is 2.81 bits per heavy atom. The highest BCUT2D eigenvalue weighted by atomic mass is 32.2. The van der Waals surface area contributed by atoms with Gasteiger partial charge in [-0.15, -0.1) is 0 Å². The van der Waals surface area contributed by atoms with Gasteiger partial charge in [0.2, 0.25) is 0 Å². The molecule has 0 aromatic carbocycles. The van der Waals surface area contributed by atoms with Crippen LogP contribution in [0.15, 0.2) is 0 Å². The van der Waals surface area contributed by atoms with Crippen LogP contribution in [0.5, 0.6) is 0 Å². The minimum atomic E-state index is 0.821. The zero-order valence-electron chi connectivity index (χ0n) is 10.6. The Morgan fingerprint density at radius 2 is 2.06 bits per heavy atom. The van der Waals surface area contributed by atoms with Gasteiger partial charge in [0.05, 0.1) is 0 Å². The molecule has 2 heterocycles. The van der Waals surface area contributed by atoms with Crippen LogP contribution in [-0.4, -0.2) is 48.6 Å². The standard InChI is InChI=1S/C13H26N2S/c1-2-6-15-7-3-12(11-15)10-14-13-4-8-16-9-5-13/h12-14H,2-11H2,1H3. The molecule has 1 atom stereocenters.